The van der Waals surface area contributed by atoms with E-state index < -0.39 is 10.0 Å². The van der Waals surface area contributed by atoms with Gasteiger partial charge in [0, 0.05) is 19.2 Å². The summed E-state index contributed by atoms with van der Waals surface area (Å²) in [5, 5.41) is 5.54. The van der Waals surface area contributed by atoms with Crippen LogP contribution in [0.15, 0.2) is 23.1 Å². The molecule has 1 rings (SSSR count). The number of nitrogens with one attached hydrogen (secondary N) is 3. The van der Waals surface area contributed by atoms with Crippen LogP contribution in [-0.4, -0.2) is 26.0 Å². The fraction of sp³-hybridized carbons (Fsp3) is 0.429. The van der Waals surface area contributed by atoms with Crippen LogP contribution >= 0.6 is 12.2 Å². The number of hydrogen-bond donors (Lipinski definition) is 3. The van der Waals surface area contributed by atoms with Crippen LogP contribution in [0.25, 0.3) is 0 Å². The SMILES string of the molecule is CCCCNC(=S)NS(=O)(=O)c1ccc(NC(C)=O)cc1C. The fourth-order valence-corrected chi connectivity index (χ4v) is 3.41. The van der Waals surface area contributed by atoms with E-state index in [0.29, 0.717) is 17.8 Å². The van der Waals surface area contributed by atoms with E-state index in [4.69, 9.17) is 12.2 Å². The monoisotopic (exact) mass is 343 g/mol. The fourth-order valence-electron chi connectivity index (χ4n) is 1.82. The number of hydrogen-bond acceptors (Lipinski definition) is 4. The molecule has 0 aliphatic carbocycles. The summed E-state index contributed by atoms with van der Waals surface area (Å²) < 4.78 is 26.9. The normalized spacial score (nSPS) is 10.9. The van der Waals surface area contributed by atoms with Crippen molar-refractivity contribution in [2.24, 2.45) is 0 Å². The molecule has 0 saturated heterocycles. The summed E-state index contributed by atoms with van der Waals surface area (Å²) in [5.74, 6) is -0.213. The van der Waals surface area contributed by atoms with E-state index >= 15 is 0 Å². The largest absolute Gasteiger partial charge is 0.362 e. The molecule has 0 aliphatic heterocycles. The van der Waals surface area contributed by atoms with Crippen LogP contribution in [0, 0.1) is 6.92 Å². The Bertz CT molecular complexity index is 657. The molecule has 0 aliphatic rings. The first kappa shape index (κ1) is 18.4. The lowest BCUT2D eigenvalue weighted by Crippen LogP contribution is -2.39. The lowest BCUT2D eigenvalue weighted by molar-refractivity contribution is -0.114. The van der Waals surface area contributed by atoms with Crippen LogP contribution in [-0.2, 0) is 14.8 Å². The Kier molecular flexibility index (Phi) is 6.76. The van der Waals surface area contributed by atoms with E-state index in [0.717, 1.165) is 12.8 Å². The lowest BCUT2D eigenvalue weighted by Gasteiger charge is -2.13. The summed E-state index contributed by atoms with van der Waals surface area (Å²) in [4.78, 5) is 11.1. The van der Waals surface area contributed by atoms with Gasteiger partial charge in [0.25, 0.3) is 10.0 Å². The summed E-state index contributed by atoms with van der Waals surface area (Å²) in [6.07, 6.45) is 1.90. The Labute approximate surface area is 136 Å². The number of carbonyl (C=O) groups excluding carboxylic acids is 1. The van der Waals surface area contributed by atoms with Crippen LogP contribution < -0.4 is 15.4 Å². The zero-order chi connectivity index (χ0) is 16.8. The third kappa shape index (κ3) is 5.61. The van der Waals surface area contributed by atoms with E-state index in [1.54, 1.807) is 13.0 Å². The van der Waals surface area contributed by atoms with Crippen LogP contribution in [0.1, 0.15) is 32.3 Å². The quantitative estimate of drug-likeness (QED) is 0.542. The van der Waals surface area contributed by atoms with Crippen molar-refractivity contribution in [2.45, 2.75) is 38.5 Å². The molecule has 0 bridgehead atoms. The number of aryl methyl sites for hydroxylation is 1. The number of thiocarbonyl (C=S) groups is 1. The number of carbonyl (C=O) groups is 1. The minimum Gasteiger partial charge on any atom is -0.362 e. The van der Waals surface area contributed by atoms with Gasteiger partial charge in [-0.3, -0.25) is 9.52 Å². The second-order valence-corrected chi connectivity index (χ2v) is 6.94. The highest BCUT2D eigenvalue weighted by Gasteiger charge is 2.18. The Morgan fingerprint density at radius 3 is 2.55 bits per heavy atom. The summed E-state index contributed by atoms with van der Waals surface area (Å²) in [7, 11) is -3.74. The first-order valence-electron chi connectivity index (χ1n) is 6.95. The van der Waals surface area contributed by atoms with Gasteiger partial charge in [0.1, 0.15) is 0 Å². The summed E-state index contributed by atoms with van der Waals surface area (Å²) in [5.41, 5.74) is 1.07. The highest BCUT2D eigenvalue weighted by molar-refractivity contribution is 7.91. The molecule has 6 nitrogen and oxygen atoms in total. The van der Waals surface area contributed by atoms with Gasteiger partial charge in [-0.1, -0.05) is 13.3 Å². The van der Waals surface area contributed by atoms with Gasteiger partial charge in [-0.2, -0.15) is 0 Å². The molecule has 122 valence electrons. The third-order valence-electron chi connectivity index (χ3n) is 2.83. The van der Waals surface area contributed by atoms with E-state index in [1.807, 2.05) is 6.92 Å². The number of unbranched alkanes of at least 4 members (excludes halogenated alkanes) is 1. The average molecular weight is 343 g/mol. The number of sulfonamides is 1. The summed E-state index contributed by atoms with van der Waals surface area (Å²) in [6, 6.07) is 4.58. The van der Waals surface area contributed by atoms with Crippen LogP contribution in [0.3, 0.4) is 0 Å². The van der Waals surface area contributed by atoms with Gasteiger partial charge < -0.3 is 10.6 Å². The molecular weight excluding hydrogens is 322 g/mol. The molecule has 3 N–H and O–H groups in total. The molecule has 1 aromatic rings. The Hall–Kier alpha value is -1.67. The van der Waals surface area contributed by atoms with Crippen LogP contribution in [0.2, 0.25) is 0 Å². The minimum absolute atomic E-state index is 0.0822. The number of amides is 1. The molecule has 22 heavy (non-hydrogen) atoms. The Morgan fingerprint density at radius 1 is 1.32 bits per heavy atom. The van der Waals surface area contributed by atoms with Gasteiger partial charge in [0.15, 0.2) is 5.11 Å². The maximum absolute atomic E-state index is 12.3. The molecule has 0 radical (unpaired) electrons. The lowest BCUT2D eigenvalue weighted by atomic mass is 10.2. The van der Waals surface area contributed by atoms with Crippen molar-refractivity contribution < 1.29 is 13.2 Å². The van der Waals surface area contributed by atoms with Crippen molar-refractivity contribution in [1.29, 1.82) is 0 Å². The molecule has 0 heterocycles. The van der Waals surface area contributed by atoms with E-state index in [2.05, 4.69) is 15.4 Å². The molecule has 0 fully saturated rings. The Morgan fingerprint density at radius 2 is 2.00 bits per heavy atom. The van der Waals surface area contributed by atoms with Crippen molar-refractivity contribution in [3.8, 4) is 0 Å². The van der Waals surface area contributed by atoms with Gasteiger partial charge in [-0.15, -0.1) is 0 Å². The van der Waals surface area contributed by atoms with Crippen molar-refractivity contribution in [2.75, 3.05) is 11.9 Å². The molecule has 8 heteroatoms. The van der Waals surface area contributed by atoms with Crippen LogP contribution in [0.5, 0.6) is 0 Å². The molecule has 1 amide bonds. The highest BCUT2D eigenvalue weighted by Crippen LogP contribution is 2.19. The molecule has 0 atom stereocenters. The van der Waals surface area contributed by atoms with Crippen molar-refractivity contribution in [3.05, 3.63) is 23.8 Å². The third-order valence-corrected chi connectivity index (χ3v) is 4.71. The van der Waals surface area contributed by atoms with Crippen LogP contribution in [0.4, 0.5) is 5.69 Å². The van der Waals surface area contributed by atoms with Crippen molar-refractivity contribution in [1.82, 2.24) is 10.0 Å². The van der Waals surface area contributed by atoms with Gasteiger partial charge in [-0.05, 0) is 49.3 Å². The first-order chi connectivity index (χ1) is 10.3. The van der Waals surface area contributed by atoms with Crippen molar-refractivity contribution in [3.63, 3.8) is 0 Å². The standard InChI is InChI=1S/C14H21N3O3S2/c1-4-5-8-15-14(21)17-22(19,20)13-7-6-12(9-10(13)2)16-11(3)18/h6-7,9H,4-5,8H2,1-3H3,(H,16,18)(H2,15,17,21). The molecular formula is C14H21N3O3S2. The second kappa shape index (κ2) is 8.09. The predicted molar refractivity (Wildman–Crippen MR) is 91.3 cm³/mol. The minimum atomic E-state index is -3.74. The highest BCUT2D eigenvalue weighted by atomic mass is 32.2. The molecule has 0 unspecified atom stereocenters. The van der Waals surface area contributed by atoms with Gasteiger partial charge >= 0.3 is 0 Å². The van der Waals surface area contributed by atoms with E-state index in [9.17, 15) is 13.2 Å². The zero-order valence-electron chi connectivity index (χ0n) is 12.9. The number of rotatable bonds is 6. The maximum Gasteiger partial charge on any atom is 0.263 e. The first-order valence-corrected chi connectivity index (χ1v) is 8.84. The summed E-state index contributed by atoms with van der Waals surface area (Å²) in [6.45, 7) is 5.71. The molecule has 1 aromatic carbocycles. The number of benzene rings is 1. The van der Waals surface area contributed by atoms with Gasteiger partial charge in [0.05, 0.1) is 4.90 Å². The summed E-state index contributed by atoms with van der Waals surface area (Å²) >= 11 is 4.98. The average Bonchev–Trinajstić information content (AvgIpc) is 2.37. The molecule has 0 spiro atoms. The predicted octanol–water partition coefficient (Wildman–Crippen LogP) is 1.91. The molecule has 0 saturated carbocycles. The topological polar surface area (TPSA) is 87.3 Å². The van der Waals surface area contributed by atoms with Gasteiger partial charge in [0.2, 0.25) is 5.91 Å². The number of anilines is 1. The van der Waals surface area contributed by atoms with E-state index in [-0.39, 0.29) is 15.9 Å². The van der Waals surface area contributed by atoms with E-state index in [1.165, 1.54) is 19.1 Å². The Balaban J connectivity index is 2.84. The van der Waals surface area contributed by atoms with Crippen molar-refractivity contribution >= 4 is 38.9 Å². The second-order valence-electron chi connectivity index (χ2n) is 4.88. The maximum atomic E-state index is 12.3. The zero-order valence-corrected chi connectivity index (χ0v) is 14.5. The smallest absolute Gasteiger partial charge is 0.263 e. The molecule has 0 aromatic heterocycles. The van der Waals surface area contributed by atoms with Gasteiger partial charge in [-0.25, -0.2) is 8.42 Å².